The van der Waals surface area contributed by atoms with Crippen LogP contribution in [0, 0.1) is 0 Å². The SMILES string of the molecule is CNS(=O)(=O)c1cccc(OCC(O)CN[C@H]2COC3(CCN(S(=O)(=O)c4cnc5cn[nH]c5c4)CC3)C2)c1. The first-order valence-corrected chi connectivity index (χ1v) is 15.5. The van der Waals surface area contributed by atoms with E-state index in [1.165, 1.54) is 29.7 Å². The molecule has 13 nitrogen and oxygen atoms in total. The molecule has 4 heterocycles. The van der Waals surface area contributed by atoms with Crippen molar-refractivity contribution in [1.82, 2.24) is 29.5 Å². The van der Waals surface area contributed by atoms with Gasteiger partial charge in [-0.15, -0.1) is 0 Å². The van der Waals surface area contributed by atoms with Crippen LogP contribution in [0.5, 0.6) is 5.75 Å². The number of nitrogens with one attached hydrogen (secondary N) is 3. The van der Waals surface area contributed by atoms with Gasteiger partial charge in [0.1, 0.15) is 28.9 Å². The summed E-state index contributed by atoms with van der Waals surface area (Å²) in [6.45, 7) is 1.40. The number of sulfonamides is 2. The summed E-state index contributed by atoms with van der Waals surface area (Å²) in [6.07, 6.45) is 3.94. The van der Waals surface area contributed by atoms with Crippen molar-refractivity contribution in [2.75, 3.05) is 39.9 Å². The van der Waals surface area contributed by atoms with Gasteiger partial charge in [0.05, 0.1) is 28.8 Å². The lowest BCUT2D eigenvalue weighted by molar-refractivity contribution is -0.0312. The van der Waals surface area contributed by atoms with Gasteiger partial charge in [0.25, 0.3) is 0 Å². The van der Waals surface area contributed by atoms with Gasteiger partial charge in [-0.3, -0.25) is 10.1 Å². The maximum atomic E-state index is 13.2. The molecule has 2 atom stereocenters. The fourth-order valence-corrected chi connectivity index (χ4v) is 7.14. The Morgan fingerprint density at radius 1 is 1.21 bits per heavy atom. The molecule has 1 aromatic carbocycles. The van der Waals surface area contributed by atoms with Gasteiger partial charge in [0.2, 0.25) is 20.0 Å². The van der Waals surface area contributed by atoms with Crippen molar-refractivity contribution in [2.45, 2.75) is 46.8 Å². The molecule has 0 aliphatic carbocycles. The normalized spacial score (nSPS) is 20.9. The molecule has 1 spiro atoms. The summed E-state index contributed by atoms with van der Waals surface area (Å²) in [5.41, 5.74) is 0.770. The van der Waals surface area contributed by atoms with Crippen molar-refractivity contribution >= 4 is 31.1 Å². The van der Waals surface area contributed by atoms with Crippen molar-refractivity contribution in [1.29, 1.82) is 0 Å². The zero-order chi connectivity index (χ0) is 27.7. The van der Waals surface area contributed by atoms with Gasteiger partial charge in [-0.2, -0.15) is 9.40 Å². The van der Waals surface area contributed by atoms with Crippen LogP contribution in [0.2, 0.25) is 0 Å². The monoisotopic (exact) mass is 580 g/mol. The van der Waals surface area contributed by atoms with Crippen LogP contribution in [0.4, 0.5) is 0 Å². The summed E-state index contributed by atoms with van der Waals surface area (Å²) >= 11 is 0. The lowest BCUT2D eigenvalue weighted by atomic mass is 9.88. The molecule has 0 saturated carbocycles. The van der Waals surface area contributed by atoms with Crippen LogP contribution in [0.1, 0.15) is 19.3 Å². The molecule has 0 amide bonds. The maximum Gasteiger partial charge on any atom is 0.244 e. The average molecular weight is 581 g/mol. The molecule has 212 valence electrons. The van der Waals surface area contributed by atoms with Crippen LogP contribution < -0.4 is 14.8 Å². The highest BCUT2D eigenvalue weighted by atomic mass is 32.2. The fraction of sp³-hybridized carbons (Fsp3) is 0.500. The van der Waals surface area contributed by atoms with Crippen LogP contribution in [-0.4, -0.2) is 99.1 Å². The number of rotatable bonds is 10. The standard InChI is InChI=1S/C24H32N6O7S2/c1-25-38(32,33)20-4-2-3-19(9-20)36-16-18(31)12-26-17-11-24(37-15-17)5-7-30(8-6-24)39(34,35)21-10-22-23(27-13-21)14-28-29-22/h2-4,9-10,13-14,17-18,25-26,31H,5-8,11-12,15-16H2,1H3,(H,28,29)/t17-,18?/m1/s1. The van der Waals surface area contributed by atoms with Crippen LogP contribution in [0.15, 0.2) is 52.5 Å². The van der Waals surface area contributed by atoms with E-state index in [1.807, 2.05) is 0 Å². The summed E-state index contributed by atoms with van der Waals surface area (Å²) in [7, 11) is -5.94. The summed E-state index contributed by atoms with van der Waals surface area (Å²) < 4.78 is 65.7. The predicted octanol–water partition coefficient (Wildman–Crippen LogP) is 0.208. The topological polar surface area (TPSA) is 176 Å². The van der Waals surface area contributed by atoms with Gasteiger partial charge in [-0.1, -0.05) is 6.07 Å². The quantitative estimate of drug-likeness (QED) is 0.259. The van der Waals surface area contributed by atoms with Crippen molar-refractivity contribution < 1.29 is 31.4 Å². The number of aliphatic hydroxyl groups is 1. The number of pyridine rings is 1. The lowest BCUT2D eigenvalue weighted by Crippen LogP contribution is -2.47. The minimum absolute atomic E-state index is 0.0129. The Morgan fingerprint density at radius 2 is 2.00 bits per heavy atom. The van der Waals surface area contributed by atoms with Crippen molar-refractivity contribution in [3.8, 4) is 5.75 Å². The van der Waals surface area contributed by atoms with E-state index < -0.39 is 31.8 Å². The Morgan fingerprint density at radius 3 is 2.77 bits per heavy atom. The molecule has 2 aromatic heterocycles. The minimum atomic E-state index is -3.69. The van der Waals surface area contributed by atoms with Crippen molar-refractivity contribution in [3.05, 3.63) is 42.7 Å². The van der Waals surface area contributed by atoms with Crippen LogP contribution >= 0.6 is 0 Å². The number of piperidine rings is 1. The smallest absolute Gasteiger partial charge is 0.244 e. The van der Waals surface area contributed by atoms with Gasteiger partial charge >= 0.3 is 0 Å². The minimum Gasteiger partial charge on any atom is -0.491 e. The summed E-state index contributed by atoms with van der Waals surface area (Å²) in [5.74, 6) is 0.343. The Hall–Kier alpha value is -2.66. The van der Waals surface area contributed by atoms with E-state index >= 15 is 0 Å². The molecule has 15 heteroatoms. The predicted molar refractivity (Wildman–Crippen MR) is 141 cm³/mol. The zero-order valence-corrected chi connectivity index (χ0v) is 23.0. The molecule has 2 saturated heterocycles. The highest BCUT2D eigenvalue weighted by molar-refractivity contribution is 7.89. The molecule has 39 heavy (non-hydrogen) atoms. The Balaban J connectivity index is 1.08. The van der Waals surface area contributed by atoms with Gasteiger partial charge in [0.15, 0.2) is 0 Å². The first kappa shape index (κ1) is 27.9. The third kappa shape index (κ3) is 6.09. The van der Waals surface area contributed by atoms with Gasteiger partial charge < -0.3 is 19.9 Å². The van der Waals surface area contributed by atoms with Crippen molar-refractivity contribution in [2.24, 2.45) is 0 Å². The summed E-state index contributed by atoms with van der Waals surface area (Å²) in [6, 6.07) is 7.63. The molecular weight excluding hydrogens is 548 g/mol. The number of ether oxygens (including phenoxy) is 2. The van der Waals surface area contributed by atoms with Crippen molar-refractivity contribution in [3.63, 3.8) is 0 Å². The molecule has 2 aliphatic rings. The van der Waals surface area contributed by atoms with Crippen LogP contribution in [-0.2, 0) is 24.8 Å². The number of hydrogen-bond donors (Lipinski definition) is 4. The molecule has 4 N–H and O–H groups in total. The highest BCUT2D eigenvalue weighted by Crippen LogP contribution is 2.37. The van der Waals surface area contributed by atoms with E-state index in [0.29, 0.717) is 55.7 Å². The third-order valence-electron chi connectivity index (χ3n) is 7.21. The van der Waals surface area contributed by atoms with Gasteiger partial charge in [0, 0.05) is 37.9 Å². The number of benzene rings is 1. The van der Waals surface area contributed by atoms with E-state index in [2.05, 4.69) is 25.2 Å². The Labute approximate surface area is 227 Å². The maximum absolute atomic E-state index is 13.2. The largest absolute Gasteiger partial charge is 0.491 e. The second-order valence-corrected chi connectivity index (χ2v) is 13.7. The number of fused-ring (bicyclic) bond motifs is 1. The van der Waals surface area contributed by atoms with E-state index in [4.69, 9.17) is 9.47 Å². The fourth-order valence-electron chi connectivity index (χ4n) is 4.96. The number of aliphatic hydroxyl groups excluding tert-OH is 1. The summed E-state index contributed by atoms with van der Waals surface area (Å²) in [5, 5.41) is 20.3. The second-order valence-electron chi connectivity index (χ2n) is 9.83. The van der Waals surface area contributed by atoms with E-state index in [-0.39, 0.29) is 29.0 Å². The first-order chi connectivity index (χ1) is 18.6. The molecule has 1 unspecified atom stereocenters. The molecule has 0 radical (unpaired) electrons. The number of H-pyrrole nitrogens is 1. The van der Waals surface area contributed by atoms with Crippen LogP contribution in [0.3, 0.4) is 0 Å². The third-order valence-corrected chi connectivity index (χ3v) is 10.5. The second kappa shape index (κ2) is 11.1. The van der Waals surface area contributed by atoms with Gasteiger partial charge in [-0.25, -0.2) is 21.6 Å². The molecule has 2 aliphatic heterocycles. The first-order valence-electron chi connectivity index (χ1n) is 12.6. The lowest BCUT2D eigenvalue weighted by Gasteiger charge is -2.38. The Kier molecular flexibility index (Phi) is 7.92. The average Bonchev–Trinajstić information content (AvgIpc) is 3.58. The number of hydrogen-bond acceptors (Lipinski definition) is 10. The number of aromatic amines is 1. The van der Waals surface area contributed by atoms with Crippen LogP contribution in [0.25, 0.3) is 11.0 Å². The Bertz CT molecular complexity index is 1520. The highest BCUT2D eigenvalue weighted by Gasteiger charge is 2.44. The number of nitrogens with zero attached hydrogens (tertiary/aromatic N) is 3. The molecule has 5 rings (SSSR count). The molecular formula is C24H32N6O7S2. The van der Waals surface area contributed by atoms with Gasteiger partial charge in [-0.05, 0) is 44.5 Å². The van der Waals surface area contributed by atoms with E-state index in [9.17, 15) is 21.9 Å². The number of aromatic nitrogens is 3. The molecule has 2 fully saturated rings. The zero-order valence-electron chi connectivity index (χ0n) is 21.4. The van der Waals surface area contributed by atoms with E-state index in [1.54, 1.807) is 24.4 Å². The summed E-state index contributed by atoms with van der Waals surface area (Å²) in [4.78, 5) is 4.39. The molecule has 3 aromatic rings. The van der Waals surface area contributed by atoms with E-state index in [0.717, 1.165) is 0 Å². The molecule has 0 bridgehead atoms.